The quantitative estimate of drug-likeness (QED) is 0.0567. The summed E-state index contributed by atoms with van der Waals surface area (Å²) in [7, 11) is 0. The van der Waals surface area contributed by atoms with Gasteiger partial charge in [-0.2, -0.15) is 13.2 Å². The number of amides is 4. The van der Waals surface area contributed by atoms with Gasteiger partial charge in [-0.05, 0) is 118 Å². The Morgan fingerprint density at radius 3 is 2.31 bits per heavy atom. The second-order valence-electron chi connectivity index (χ2n) is 20.0. The normalized spacial score (nSPS) is 19.3. The number of ether oxygens (including phenoxy) is 1. The van der Waals surface area contributed by atoms with Crippen LogP contribution in [-0.2, 0) is 36.6 Å². The monoisotopic (exact) mass is 1010 g/mol. The Hall–Kier alpha value is -5.78. The van der Waals surface area contributed by atoms with Gasteiger partial charge in [0.15, 0.2) is 10.8 Å². The number of nitrogens with one attached hydrogen (secondary N) is 2. The van der Waals surface area contributed by atoms with Gasteiger partial charge in [0, 0.05) is 50.5 Å². The van der Waals surface area contributed by atoms with E-state index in [1.807, 2.05) is 81.7 Å². The number of alkyl halides is 3. The molecule has 3 aliphatic rings. The second-order valence-corrected chi connectivity index (χ2v) is 21.2. The molecule has 0 saturated carbocycles. The number of likely N-dealkylation sites (tertiary alicyclic amines) is 2. The molecule has 71 heavy (non-hydrogen) atoms. The fourth-order valence-corrected chi connectivity index (χ4v) is 10.8. The molecule has 4 amide bonds. The van der Waals surface area contributed by atoms with Crippen molar-refractivity contribution in [1.29, 1.82) is 0 Å². The van der Waals surface area contributed by atoms with Gasteiger partial charge in [-0.15, -0.1) is 11.3 Å². The van der Waals surface area contributed by atoms with Crippen LogP contribution in [0.2, 0.25) is 0 Å². The van der Waals surface area contributed by atoms with Gasteiger partial charge in [-0.25, -0.2) is 9.83 Å². The van der Waals surface area contributed by atoms with Crippen LogP contribution in [0.4, 0.5) is 30.2 Å². The van der Waals surface area contributed by atoms with Crippen molar-refractivity contribution in [3.05, 3.63) is 106 Å². The third-order valence-corrected chi connectivity index (χ3v) is 14.8. The molecule has 3 N–H and O–H groups in total. The minimum Gasteiger partial charge on any atom is -0.391 e. The van der Waals surface area contributed by atoms with Gasteiger partial charge in [0.05, 0.1) is 40.9 Å². The van der Waals surface area contributed by atoms with Crippen LogP contribution in [0.15, 0.2) is 72.2 Å². The number of aryl methyl sites for hydroxylation is 1. The summed E-state index contributed by atoms with van der Waals surface area (Å²) in [6.07, 6.45) is -3.12. The summed E-state index contributed by atoms with van der Waals surface area (Å²) in [5, 5.41) is 16.5. The zero-order valence-electron chi connectivity index (χ0n) is 40.8. The molecule has 7 rings (SSSR count). The summed E-state index contributed by atoms with van der Waals surface area (Å²) in [4.78, 5) is 69.3. The van der Waals surface area contributed by atoms with Crippen molar-refractivity contribution in [3.8, 4) is 10.4 Å². The first kappa shape index (κ1) is 53.0. The fraction of sp³-hybridized carbons (Fsp3) is 0.481. The number of carbonyl (C=O) groups excluding carboxylic acids is 4. The minimum absolute atomic E-state index is 0.00893. The maximum absolute atomic E-state index is 14.0. The number of anilines is 2. The van der Waals surface area contributed by atoms with Crippen LogP contribution in [0, 0.1) is 18.9 Å². The number of hydrogen-bond donors (Lipinski definition) is 3. The maximum Gasteiger partial charge on any atom is 0.407 e. The van der Waals surface area contributed by atoms with Gasteiger partial charge in [0.1, 0.15) is 17.6 Å². The number of benzene rings is 3. The molecule has 14 nitrogen and oxygen atoms in total. The van der Waals surface area contributed by atoms with Gasteiger partial charge in [-0.1, -0.05) is 63.2 Å². The number of aliphatic hydroxyl groups is 1. The topological polar surface area (TPSA) is 152 Å². The van der Waals surface area contributed by atoms with Gasteiger partial charge in [-0.3, -0.25) is 24.1 Å². The summed E-state index contributed by atoms with van der Waals surface area (Å²) in [5.74, 6) is -1.26. The van der Waals surface area contributed by atoms with E-state index >= 15 is 0 Å². The smallest absolute Gasteiger partial charge is 0.391 e. The van der Waals surface area contributed by atoms with Crippen LogP contribution in [-0.4, -0.2) is 112 Å². The predicted octanol–water partition coefficient (Wildman–Crippen LogP) is 8.39. The first-order chi connectivity index (χ1) is 33.6. The number of aliphatic hydroxyl groups excluding tert-OH is 1. The highest BCUT2D eigenvalue weighted by atomic mass is 32.1. The molecule has 0 radical (unpaired) electrons. The standard InChI is InChI=1S/C52H61F3N8O6S2/c1-32-44(71-31-58-32)36-12-10-33(11-13-36)29-57-46(66)42-28-39(64)30-61(42)47(67)45(50(2,3)4)59-43(65)9-8-25-69-26-24-60-22-20-35(21-23-60)34-14-16-37(17-15-34)63-49(70)62(48(68)51(63,5)6)38-18-19-41(56-7)40(27-38)52(53,54)55/h10-19,27,31,35,39,42,45,64H,8-9,20-26,28-30H2,1-6H3,(H,57,66)(H,59,65)/t39-,42+,45?/m1/s1. The van der Waals surface area contributed by atoms with E-state index in [-0.39, 0.29) is 48.5 Å². The average Bonchev–Trinajstić information content (AvgIpc) is 4.00. The van der Waals surface area contributed by atoms with Crippen molar-refractivity contribution in [1.82, 2.24) is 25.4 Å². The molecule has 378 valence electrons. The lowest BCUT2D eigenvalue weighted by atomic mass is 9.85. The summed E-state index contributed by atoms with van der Waals surface area (Å²) >= 11 is 7.28. The lowest BCUT2D eigenvalue weighted by Gasteiger charge is -2.35. The van der Waals surface area contributed by atoms with Gasteiger partial charge in [0.25, 0.3) is 5.91 Å². The van der Waals surface area contributed by atoms with Crippen molar-refractivity contribution in [3.63, 3.8) is 0 Å². The number of thiocarbonyl (C=S) groups is 1. The molecule has 3 aliphatic heterocycles. The van der Waals surface area contributed by atoms with Crippen molar-refractivity contribution < 1.29 is 42.2 Å². The number of nitrogens with zero attached hydrogens (tertiary/aromatic N) is 6. The number of carbonyl (C=O) groups is 4. The Morgan fingerprint density at radius 2 is 1.69 bits per heavy atom. The minimum atomic E-state index is -4.78. The zero-order valence-corrected chi connectivity index (χ0v) is 42.5. The van der Waals surface area contributed by atoms with Crippen molar-refractivity contribution in [2.24, 2.45) is 5.41 Å². The largest absolute Gasteiger partial charge is 0.407 e. The van der Waals surface area contributed by atoms with E-state index in [4.69, 9.17) is 23.5 Å². The molecule has 3 aromatic carbocycles. The second kappa shape index (κ2) is 21.9. The van der Waals surface area contributed by atoms with Crippen LogP contribution in [0.25, 0.3) is 15.3 Å². The number of hydrogen-bond acceptors (Lipinski definition) is 10. The van der Waals surface area contributed by atoms with E-state index in [0.29, 0.717) is 31.2 Å². The molecule has 3 saturated heterocycles. The third-order valence-electron chi connectivity index (χ3n) is 13.5. The molecule has 3 atom stereocenters. The number of piperidine rings is 1. The summed E-state index contributed by atoms with van der Waals surface area (Å²) in [5.41, 5.74) is 2.87. The molecule has 0 aliphatic carbocycles. The van der Waals surface area contributed by atoms with Crippen LogP contribution in [0.1, 0.15) is 95.0 Å². The highest BCUT2D eigenvalue weighted by Crippen LogP contribution is 2.42. The Bertz CT molecular complexity index is 2640. The molecule has 3 fully saturated rings. The summed E-state index contributed by atoms with van der Waals surface area (Å²) in [6, 6.07) is 17.0. The molecule has 4 aromatic rings. The average molecular weight is 1020 g/mol. The first-order valence-corrected chi connectivity index (χ1v) is 25.1. The van der Waals surface area contributed by atoms with Crippen LogP contribution < -0.4 is 20.4 Å². The van der Waals surface area contributed by atoms with E-state index < -0.39 is 58.4 Å². The number of aromatic nitrogens is 1. The molecule has 1 aromatic heterocycles. The van der Waals surface area contributed by atoms with Gasteiger partial charge in [0.2, 0.25) is 17.7 Å². The van der Waals surface area contributed by atoms with E-state index in [9.17, 15) is 37.5 Å². The SMILES string of the molecule is [C-]#[N+]c1ccc(N2C(=O)C(C)(C)N(c3ccc(C4CCN(CCOCCCC(=O)NC(C(=O)N5C[C@H](O)C[C@H]5C(=O)NCc5ccc(-c6scnc6C)cc5)C(C)(C)C)CC4)cc3)C2=S)cc1C(F)(F)F. The Labute approximate surface area is 422 Å². The first-order valence-electron chi connectivity index (χ1n) is 23.8. The van der Waals surface area contributed by atoms with E-state index in [2.05, 4.69) is 25.4 Å². The molecule has 1 unspecified atom stereocenters. The third kappa shape index (κ3) is 12.1. The lowest BCUT2D eigenvalue weighted by molar-refractivity contribution is -0.144. The fourth-order valence-electron chi connectivity index (χ4n) is 9.47. The van der Waals surface area contributed by atoms with E-state index in [0.717, 1.165) is 76.8 Å². The van der Waals surface area contributed by atoms with Crippen LogP contribution in [0.5, 0.6) is 0 Å². The highest BCUT2D eigenvalue weighted by molar-refractivity contribution is 7.81. The summed E-state index contributed by atoms with van der Waals surface area (Å²) in [6.45, 7) is 21.6. The van der Waals surface area contributed by atoms with Crippen molar-refractivity contribution in [2.45, 2.75) is 116 Å². The van der Waals surface area contributed by atoms with Crippen molar-refractivity contribution in [2.75, 3.05) is 49.2 Å². The van der Waals surface area contributed by atoms with E-state index in [1.165, 1.54) is 11.0 Å². The maximum atomic E-state index is 14.0. The molecule has 0 bridgehead atoms. The highest BCUT2D eigenvalue weighted by Gasteiger charge is 2.51. The molecular formula is C52H61F3N8O6S2. The summed E-state index contributed by atoms with van der Waals surface area (Å²) < 4.78 is 47.3. The van der Waals surface area contributed by atoms with Crippen LogP contribution >= 0.6 is 23.6 Å². The Morgan fingerprint density at radius 1 is 1.01 bits per heavy atom. The molecule has 4 heterocycles. The molecule has 0 spiro atoms. The number of rotatable bonds is 16. The molecular weight excluding hydrogens is 954 g/mol. The van der Waals surface area contributed by atoms with Crippen molar-refractivity contribution >= 4 is 69.4 Å². The van der Waals surface area contributed by atoms with Gasteiger partial charge < -0.3 is 35.2 Å². The van der Waals surface area contributed by atoms with Crippen LogP contribution in [0.3, 0.4) is 0 Å². The Balaban J connectivity index is 0.826. The number of β-amino-alcohol motifs (C(OH)–C–C–N with tert-alkyl or cyclic N) is 1. The van der Waals surface area contributed by atoms with Gasteiger partial charge >= 0.3 is 6.18 Å². The molecule has 19 heteroatoms. The van der Waals surface area contributed by atoms with E-state index in [1.54, 1.807) is 30.1 Å². The number of thiazole rings is 1. The Kier molecular flexibility index (Phi) is 16.4. The number of halogens is 3. The zero-order chi connectivity index (χ0) is 51.4. The lowest BCUT2D eigenvalue weighted by Crippen LogP contribution is -2.57. The predicted molar refractivity (Wildman–Crippen MR) is 271 cm³/mol.